The van der Waals surface area contributed by atoms with Crippen LogP contribution >= 0.6 is 0 Å². The van der Waals surface area contributed by atoms with Crippen molar-refractivity contribution in [3.05, 3.63) is 96.1 Å². The summed E-state index contributed by atoms with van der Waals surface area (Å²) in [6.07, 6.45) is 11.5. The molecule has 4 aromatic rings. The van der Waals surface area contributed by atoms with Crippen molar-refractivity contribution in [3.63, 3.8) is 0 Å². The molecule has 2 aromatic heterocycles. The number of unbranched alkanes of at least 4 members (excludes halogenated alkanes) is 3. The van der Waals surface area contributed by atoms with Crippen molar-refractivity contribution in [1.82, 2.24) is 19.7 Å². The maximum Gasteiger partial charge on any atom is 0.161 e. The van der Waals surface area contributed by atoms with Crippen molar-refractivity contribution in [3.8, 4) is 0 Å². The molecule has 4 nitrogen and oxygen atoms in total. The van der Waals surface area contributed by atoms with E-state index in [4.69, 9.17) is 0 Å². The van der Waals surface area contributed by atoms with Gasteiger partial charge in [-0.3, -0.25) is 0 Å². The third-order valence-corrected chi connectivity index (χ3v) is 5.60. The lowest BCUT2D eigenvalue weighted by molar-refractivity contribution is 0.546. The summed E-state index contributed by atoms with van der Waals surface area (Å²) in [4.78, 5) is 8.97. The van der Waals surface area contributed by atoms with E-state index in [1.54, 1.807) is 6.33 Å². The molecule has 0 saturated carbocycles. The molecule has 0 amide bonds. The Morgan fingerprint density at radius 3 is 2.19 bits per heavy atom. The summed E-state index contributed by atoms with van der Waals surface area (Å²) in [7, 11) is 0. The van der Waals surface area contributed by atoms with Gasteiger partial charge in [-0.15, -0.1) is 0 Å². The lowest BCUT2D eigenvalue weighted by atomic mass is 9.96. The van der Waals surface area contributed by atoms with E-state index < -0.39 is 0 Å². The molecule has 0 unspecified atom stereocenters. The summed E-state index contributed by atoms with van der Waals surface area (Å²) in [5, 5.41) is 5.59. The van der Waals surface area contributed by atoms with E-state index in [0.29, 0.717) is 6.04 Å². The number of rotatable bonds is 9. The molecule has 0 saturated heterocycles. The van der Waals surface area contributed by atoms with Crippen LogP contribution in [0.25, 0.3) is 16.6 Å². The highest BCUT2D eigenvalue weighted by molar-refractivity contribution is 5.79. The normalized spacial score (nSPS) is 11.2. The Bertz CT molecular complexity index is 1090. The Hall–Kier alpha value is -3.27. The minimum absolute atomic E-state index is 0.301. The summed E-state index contributed by atoms with van der Waals surface area (Å²) >= 11 is 0. The molecule has 4 rings (SSSR count). The topological polar surface area (TPSA) is 43.6 Å². The summed E-state index contributed by atoms with van der Waals surface area (Å²) in [5.41, 5.74) is 5.93. The predicted octanol–water partition coefficient (Wildman–Crippen LogP) is 6.64. The maximum absolute atomic E-state index is 4.53. The second kappa shape index (κ2) is 10.2. The van der Waals surface area contributed by atoms with Gasteiger partial charge in [0.1, 0.15) is 6.33 Å². The lowest BCUT2D eigenvalue weighted by Gasteiger charge is -2.09. The van der Waals surface area contributed by atoms with E-state index in [1.807, 2.05) is 10.9 Å². The van der Waals surface area contributed by atoms with Crippen molar-refractivity contribution in [2.45, 2.75) is 52.0 Å². The minimum Gasteiger partial charge on any atom is -0.245 e. The number of allylic oxidation sites excluding steroid dienone is 1. The van der Waals surface area contributed by atoms with Gasteiger partial charge in [0.05, 0.1) is 17.3 Å². The highest BCUT2D eigenvalue weighted by atomic mass is 15.3. The molecule has 2 heterocycles. The average Bonchev–Trinajstić information content (AvgIpc) is 3.25. The van der Waals surface area contributed by atoms with Crippen molar-refractivity contribution < 1.29 is 0 Å². The fourth-order valence-corrected chi connectivity index (χ4v) is 3.99. The molecule has 4 heteroatoms. The zero-order valence-electron chi connectivity index (χ0n) is 18.4. The Balaban J connectivity index is 1.36. The largest absolute Gasteiger partial charge is 0.245 e. The third kappa shape index (κ3) is 5.08. The predicted molar refractivity (Wildman–Crippen MR) is 128 cm³/mol. The number of hydrogen-bond acceptors (Lipinski definition) is 3. The van der Waals surface area contributed by atoms with Crippen LogP contribution in [-0.2, 0) is 6.42 Å². The van der Waals surface area contributed by atoms with Crippen LogP contribution in [0, 0.1) is 0 Å². The molecule has 31 heavy (non-hydrogen) atoms. The Labute approximate surface area is 184 Å². The highest BCUT2D eigenvalue weighted by Gasteiger charge is 2.11. The van der Waals surface area contributed by atoms with E-state index in [1.165, 1.54) is 29.5 Å². The van der Waals surface area contributed by atoms with Crippen molar-refractivity contribution in [2.24, 2.45) is 0 Å². The van der Waals surface area contributed by atoms with Gasteiger partial charge in [-0.05, 0) is 56.2 Å². The van der Waals surface area contributed by atoms with Crippen LogP contribution in [0.15, 0.2) is 79.3 Å². The van der Waals surface area contributed by atoms with Gasteiger partial charge in [-0.25, -0.2) is 14.6 Å². The Morgan fingerprint density at radius 1 is 0.871 bits per heavy atom. The number of nitrogens with zero attached hydrogens (tertiary/aromatic N) is 4. The summed E-state index contributed by atoms with van der Waals surface area (Å²) < 4.78 is 1.97. The van der Waals surface area contributed by atoms with E-state index in [2.05, 4.69) is 95.7 Å². The van der Waals surface area contributed by atoms with Crippen LogP contribution in [0.5, 0.6) is 0 Å². The van der Waals surface area contributed by atoms with Crippen LogP contribution in [0.3, 0.4) is 0 Å². The summed E-state index contributed by atoms with van der Waals surface area (Å²) in [5.74, 6) is 0. The van der Waals surface area contributed by atoms with Crippen molar-refractivity contribution in [1.29, 1.82) is 0 Å². The smallest absolute Gasteiger partial charge is 0.161 e. The molecule has 0 bridgehead atoms. The maximum atomic E-state index is 4.53. The van der Waals surface area contributed by atoms with E-state index in [9.17, 15) is 0 Å². The van der Waals surface area contributed by atoms with Gasteiger partial charge in [0, 0.05) is 6.04 Å². The monoisotopic (exact) mass is 410 g/mol. The zero-order chi connectivity index (χ0) is 21.5. The first-order valence-electron chi connectivity index (χ1n) is 11.2. The lowest BCUT2D eigenvalue weighted by Crippen LogP contribution is -2.04. The summed E-state index contributed by atoms with van der Waals surface area (Å²) in [6.45, 7) is 4.25. The number of benzene rings is 2. The van der Waals surface area contributed by atoms with Crippen molar-refractivity contribution in [2.75, 3.05) is 0 Å². The standard InChI is InChI=1S/C27H30N4/c1-21(2)31-27-25(19-30-31)26(28-20-29-27)18-12-4-3-11-17-24(22-13-7-5-8-14-22)23-15-9-6-10-16-23/h5-10,13-17,19-21H,3-4,11-12,18H2,1-2H3. The van der Waals surface area contributed by atoms with Gasteiger partial charge in [-0.1, -0.05) is 73.2 Å². The van der Waals surface area contributed by atoms with E-state index in [0.717, 1.165) is 36.0 Å². The first-order chi connectivity index (χ1) is 15.2. The molecule has 0 N–H and O–H groups in total. The summed E-state index contributed by atoms with van der Waals surface area (Å²) in [6, 6.07) is 21.6. The van der Waals surface area contributed by atoms with Crippen LogP contribution in [0.2, 0.25) is 0 Å². The molecule has 0 atom stereocenters. The van der Waals surface area contributed by atoms with Crippen LogP contribution in [-0.4, -0.2) is 19.7 Å². The van der Waals surface area contributed by atoms with Gasteiger partial charge in [-0.2, -0.15) is 5.10 Å². The second-order valence-corrected chi connectivity index (χ2v) is 8.19. The number of aromatic nitrogens is 4. The van der Waals surface area contributed by atoms with Crippen LogP contribution in [0.1, 0.15) is 62.4 Å². The fourth-order valence-electron chi connectivity index (χ4n) is 3.99. The molecular weight excluding hydrogens is 380 g/mol. The number of aryl methyl sites for hydroxylation is 1. The SMILES string of the molecule is CC(C)n1ncc2c(CCCCCC=C(c3ccccc3)c3ccccc3)ncnc21. The second-order valence-electron chi connectivity index (χ2n) is 8.19. The molecule has 0 spiro atoms. The Morgan fingerprint density at radius 2 is 1.55 bits per heavy atom. The average molecular weight is 411 g/mol. The van der Waals surface area contributed by atoms with E-state index in [-0.39, 0.29) is 0 Å². The van der Waals surface area contributed by atoms with Crippen LogP contribution in [0.4, 0.5) is 0 Å². The molecule has 0 aliphatic carbocycles. The molecule has 158 valence electrons. The number of fused-ring (bicyclic) bond motifs is 1. The quantitative estimate of drug-likeness (QED) is 0.290. The van der Waals surface area contributed by atoms with Crippen LogP contribution < -0.4 is 0 Å². The molecule has 2 aromatic carbocycles. The van der Waals surface area contributed by atoms with Gasteiger partial charge in [0.2, 0.25) is 0 Å². The van der Waals surface area contributed by atoms with Gasteiger partial charge >= 0.3 is 0 Å². The molecular formula is C27H30N4. The first kappa shape index (κ1) is 21.0. The van der Waals surface area contributed by atoms with E-state index >= 15 is 0 Å². The molecule has 0 aliphatic rings. The van der Waals surface area contributed by atoms with Gasteiger partial charge < -0.3 is 0 Å². The molecule has 0 fully saturated rings. The zero-order valence-corrected chi connectivity index (χ0v) is 18.4. The third-order valence-electron chi connectivity index (χ3n) is 5.60. The first-order valence-corrected chi connectivity index (χ1v) is 11.2. The van der Waals surface area contributed by atoms with Gasteiger partial charge in [0.25, 0.3) is 0 Å². The fraction of sp³-hybridized carbons (Fsp3) is 0.296. The van der Waals surface area contributed by atoms with Gasteiger partial charge in [0.15, 0.2) is 5.65 Å². The highest BCUT2D eigenvalue weighted by Crippen LogP contribution is 2.25. The molecule has 0 radical (unpaired) electrons. The van der Waals surface area contributed by atoms with Crippen molar-refractivity contribution >= 4 is 16.6 Å². The number of hydrogen-bond donors (Lipinski definition) is 0. The Kier molecular flexibility index (Phi) is 6.88. The minimum atomic E-state index is 0.301. The molecule has 0 aliphatic heterocycles.